The Morgan fingerprint density at radius 2 is 0.714 bits per heavy atom. The van der Waals surface area contributed by atoms with Crippen molar-refractivity contribution in [3.05, 3.63) is 170 Å². The van der Waals surface area contributed by atoms with Crippen LogP contribution >= 0.6 is 0 Å². The van der Waals surface area contributed by atoms with Crippen molar-refractivity contribution >= 4 is 86.6 Å². The van der Waals surface area contributed by atoms with Crippen LogP contribution in [-0.2, 0) is 0 Å². The van der Waals surface area contributed by atoms with Crippen LogP contribution in [0.1, 0.15) is 0 Å². The zero-order chi connectivity index (χ0) is 32.1. The Balaban J connectivity index is 1.20. The van der Waals surface area contributed by atoms with Gasteiger partial charge in [0.2, 0.25) is 0 Å². The topological polar surface area (TPSA) is 13.1 Å². The van der Waals surface area contributed by atoms with E-state index in [0.717, 1.165) is 27.5 Å². The minimum Gasteiger partial charge on any atom is -0.455 e. The number of para-hydroxylation sites is 2. The molecule has 1 aromatic heterocycles. The van der Waals surface area contributed by atoms with Crippen molar-refractivity contribution in [3.8, 4) is 22.3 Å². The summed E-state index contributed by atoms with van der Waals surface area (Å²) in [5.74, 6) is 0. The zero-order valence-corrected chi connectivity index (χ0v) is 26.6. The smallest absolute Gasteiger partial charge is 0.143 e. The maximum Gasteiger partial charge on any atom is 0.143 e. The Bertz CT molecular complexity index is 3160. The minimum absolute atomic E-state index is 0.919. The molecule has 1 heteroatoms. The number of fused-ring (bicyclic) bond motifs is 15. The molecule has 11 aromatic rings. The zero-order valence-electron chi connectivity index (χ0n) is 26.6. The molecule has 0 unspecified atom stereocenters. The van der Waals surface area contributed by atoms with Gasteiger partial charge in [0.05, 0.1) is 0 Å². The van der Waals surface area contributed by atoms with Gasteiger partial charge in [0.15, 0.2) is 0 Å². The summed E-state index contributed by atoms with van der Waals surface area (Å²) in [4.78, 5) is 0. The van der Waals surface area contributed by atoms with Crippen LogP contribution < -0.4 is 0 Å². The van der Waals surface area contributed by atoms with Gasteiger partial charge in [-0.25, -0.2) is 0 Å². The van der Waals surface area contributed by atoms with Gasteiger partial charge in [-0.05, 0) is 93.5 Å². The highest BCUT2D eigenvalue weighted by molar-refractivity contribution is 6.39. The second kappa shape index (κ2) is 10.0. The second-order valence-corrected chi connectivity index (χ2v) is 13.1. The first-order valence-electron chi connectivity index (χ1n) is 16.9. The molecule has 0 saturated carbocycles. The van der Waals surface area contributed by atoms with Gasteiger partial charge in [0.1, 0.15) is 11.2 Å². The summed E-state index contributed by atoms with van der Waals surface area (Å²) in [7, 11) is 0. The molecule has 1 nitrogen and oxygen atoms in total. The van der Waals surface area contributed by atoms with Gasteiger partial charge in [-0.2, -0.15) is 0 Å². The summed E-state index contributed by atoms with van der Waals surface area (Å²) in [6.07, 6.45) is 0. The fourth-order valence-corrected chi connectivity index (χ4v) is 8.55. The lowest BCUT2D eigenvalue weighted by Crippen LogP contribution is -1.90. The maximum atomic E-state index is 6.48. The molecule has 0 spiro atoms. The highest BCUT2D eigenvalue weighted by Crippen LogP contribution is 2.46. The summed E-state index contributed by atoms with van der Waals surface area (Å²) >= 11 is 0. The van der Waals surface area contributed by atoms with Gasteiger partial charge in [-0.1, -0.05) is 158 Å². The van der Waals surface area contributed by atoms with Crippen molar-refractivity contribution in [2.75, 3.05) is 0 Å². The minimum atomic E-state index is 0.919. The maximum absolute atomic E-state index is 6.48. The number of furan rings is 1. The van der Waals surface area contributed by atoms with E-state index in [1.54, 1.807) is 0 Å². The van der Waals surface area contributed by atoms with E-state index in [1.807, 2.05) is 6.07 Å². The Labute approximate surface area is 282 Å². The first-order valence-corrected chi connectivity index (χ1v) is 16.9. The highest BCUT2D eigenvalue weighted by atomic mass is 16.3. The molecular weight excluding hydrogens is 593 g/mol. The van der Waals surface area contributed by atoms with Crippen molar-refractivity contribution in [1.29, 1.82) is 0 Å². The lowest BCUT2D eigenvalue weighted by atomic mass is 9.86. The van der Waals surface area contributed by atoms with Crippen LogP contribution in [0.4, 0.5) is 0 Å². The molecule has 0 saturated heterocycles. The van der Waals surface area contributed by atoms with E-state index in [0.29, 0.717) is 0 Å². The van der Waals surface area contributed by atoms with Crippen LogP contribution in [0.5, 0.6) is 0 Å². The summed E-state index contributed by atoms with van der Waals surface area (Å²) in [5.41, 5.74) is 6.59. The molecule has 11 rings (SSSR count). The summed E-state index contributed by atoms with van der Waals surface area (Å²) < 4.78 is 6.48. The monoisotopic (exact) mass is 620 g/mol. The SMILES string of the molecule is c1ccc2c(c1)oc1c(-c3cccc4c(-c5ccc6c(c5)c5ccccc5c5c7ccccc7c7ccccc7c65)cccc34)cccc12. The fourth-order valence-electron chi connectivity index (χ4n) is 8.55. The molecule has 0 aliphatic carbocycles. The first kappa shape index (κ1) is 26.6. The molecule has 10 aromatic carbocycles. The van der Waals surface area contributed by atoms with Crippen LogP contribution in [0.25, 0.3) is 109 Å². The molecule has 226 valence electrons. The normalized spacial score (nSPS) is 12.1. The highest BCUT2D eigenvalue weighted by Gasteiger charge is 2.18. The third-order valence-electron chi connectivity index (χ3n) is 10.6. The van der Waals surface area contributed by atoms with E-state index < -0.39 is 0 Å². The van der Waals surface area contributed by atoms with Gasteiger partial charge in [-0.15, -0.1) is 0 Å². The largest absolute Gasteiger partial charge is 0.455 e. The van der Waals surface area contributed by atoms with Gasteiger partial charge in [0, 0.05) is 16.3 Å². The molecule has 0 amide bonds. The molecular formula is C48H28O. The Kier molecular flexibility index (Phi) is 5.45. The number of rotatable bonds is 2. The average molecular weight is 621 g/mol. The van der Waals surface area contributed by atoms with Gasteiger partial charge in [0.25, 0.3) is 0 Å². The van der Waals surface area contributed by atoms with Crippen LogP contribution in [0, 0.1) is 0 Å². The molecule has 0 aliphatic heterocycles. The molecule has 0 aliphatic rings. The first-order chi connectivity index (χ1) is 24.3. The van der Waals surface area contributed by atoms with Crippen molar-refractivity contribution in [2.45, 2.75) is 0 Å². The van der Waals surface area contributed by atoms with Crippen molar-refractivity contribution < 1.29 is 4.42 Å². The Morgan fingerprint density at radius 1 is 0.265 bits per heavy atom. The number of hydrogen-bond acceptors (Lipinski definition) is 1. The van der Waals surface area contributed by atoms with Gasteiger partial charge < -0.3 is 4.42 Å². The molecule has 0 bridgehead atoms. The molecule has 49 heavy (non-hydrogen) atoms. The fraction of sp³-hybridized carbons (Fsp3) is 0. The van der Waals surface area contributed by atoms with E-state index in [9.17, 15) is 0 Å². The molecule has 0 atom stereocenters. The lowest BCUT2D eigenvalue weighted by Gasteiger charge is -2.17. The van der Waals surface area contributed by atoms with E-state index in [4.69, 9.17) is 4.42 Å². The van der Waals surface area contributed by atoms with Crippen molar-refractivity contribution in [2.24, 2.45) is 0 Å². The van der Waals surface area contributed by atoms with Crippen LogP contribution in [-0.4, -0.2) is 0 Å². The van der Waals surface area contributed by atoms with Gasteiger partial charge in [-0.3, -0.25) is 0 Å². The van der Waals surface area contributed by atoms with Crippen molar-refractivity contribution in [1.82, 2.24) is 0 Å². The van der Waals surface area contributed by atoms with E-state index in [2.05, 4.69) is 164 Å². The Morgan fingerprint density at radius 3 is 1.37 bits per heavy atom. The average Bonchev–Trinajstić information content (AvgIpc) is 3.56. The van der Waals surface area contributed by atoms with E-state index in [1.165, 1.54) is 81.3 Å². The van der Waals surface area contributed by atoms with Crippen molar-refractivity contribution in [3.63, 3.8) is 0 Å². The third kappa shape index (κ3) is 3.70. The summed E-state index contributed by atoms with van der Waals surface area (Å²) in [6.45, 7) is 0. The number of hydrogen-bond donors (Lipinski definition) is 0. The third-order valence-corrected chi connectivity index (χ3v) is 10.6. The standard InChI is InChI=1S/C48H28O/c1-4-16-38-33(12-1)34-13-2-5-17-39(34)47-41-27-26-29(28-44(41)36-14-3-6-18-40(36)46(38)47)30-19-9-21-32-31(30)20-10-22-35(32)42-23-11-24-43-37-15-7-8-25-45(37)49-48(42)43/h1-28H. The molecule has 1 heterocycles. The van der Waals surface area contributed by atoms with E-state index >= 15 is 0 Å². The molecule has 0 fully saturated rings. The lowest BCUT2D eigenvalue weighted by molar-refractivity contribution is 0.670. The van der Waals surface area contributed by atoms with Crippen LogP contribution in [0.2, 0.25) is 0 Å². The number of benzene rings is 10. The summed E-state index contributed by atoms with van der Waals surface area (Å²) in [6, 6.07) is 62.0. The summed E-state index contributed by atoms with van der Waals surface area (Å²) in [5, 5.41) is 17.8. The van der Waals surface area contributed by atoms with E-state index in [-0.39, 0.29) is 0 Å². The molecule has 0 radical (unpaired) electrons. The molecule has 0 N–H and O–H groups in total. The second-order valence-electron chi connectivity index (χ2n) is 13.1. The predicted molar refractivity (Wildman–Crippen MR) is 210 cm³/mol. The van der Waals surface area contributed by atoms with Gasteiger partial charge >= 0.3 is 0 Å². The predicted octanol–water partition coefficient (Wildman–Crippen LogP) is 13.8. The van der Waals surface area contributed by atoms with Crippen LogP contribution in [0.3, 0.4) is 0 Å². The quantitative estimate of drug-likeness (QED) is 0.175. The Hall–Kier alpha value is -6.44. The van der Waals surface area contributed by atoms with Crippen LogP contribution in [0.15, 0.2) is 174 Å².